The van der Waals surface area contributed by atoms with Crippen molar-refractivity contribution in [1.82, 2.24) is 15.1 Å². The molecule has 1 aromatic carbocycles. The molecule has 6 nitrogen and oxygen atoms in total. The Bertz CT molecular complexity index is 896. The van der Waals surface area contributed by atoms with E-state index in [1.54, 1.807) is 16.2 Å². The summed E-state index contributed by atoms with van der Waals surface area (Å²) < 4.78 is 0. The zero-order valence-electron chi connectivity index (χ0n) is 15.1. The molecule has 1 saturated heterocycles. The van der Waals surface area contributed by atoms with Crippen LogP contribution in [0.3, 0.4) is 0 Å². The summed E-state index contributed by atoms with van der Waals surface area (Å²) in [6, 6.07) is 11.1. The van der Waals surface area contributed by atoms with Crippen LogP contribution in [-0.4, -0.2) is 40.7 Å². The molecule has 2 heterocycles. The van der Waals surface area contributed by atoms with Crippen molar-refractivity contribution in [2.75, 3.05) is 13.1 Å². The van der Waals surface area contributed by atoms with E-state index in [1.165, 1.54) is 0 Å². The van der Waals surface area contributed by atoms with Gasteiger partial charge in [0, 0.05) is 11.4 Å². The van der Waals surface area contributed by atoms with Gasteiger partial charge in [-0.3, -0.25) is 14.5 Å². The van der Waals surface area contributed by atoms with E-state index >= 15 is 0 Å². The normalized spacial score (nSPS) is 20.9. The summed E-state index contributed by atoms with van der Waals surface area (Å²) in [6.45, 7) is 2.68. The zero-order valence-corrected chi connectivity index (χ0v) is 15.9. The average molecular weight is 383 g/mol. The van der Waals surface area contributed by atoms with Crippen LogP contribution in [0.4, 0.5) is 4.79 Å². The van der Waals surface area contributed by atoms with Crippen molar-refractivity contribution in [2.45, 2.75) is 31.8 Å². The monoisotopic (exact) mass is 383 g/mol. The molecule has 1 fully saturated rings. The number of thiophene rings is 1. The smallest absolute Gasteiger partial charge is 0.325 e. The van der Waals surface area contributed by atoms with Crippen LogP contribution in [0.5, 0.6) is 0 Å². The molecule has 1 spiro atoms. The maximum absolute atomic E-state index is 13.1. The molecular formula is C20H21N3O3S. The first kappa shape index (κ1) is 17.7. The molecular weight excluding hydrogens is 362 g/mol. The molecule has 140 valence electrons. The summed E-state index contributed by atoms with van der Waals surface area (Å²) in [5.41, 5.74) is 0.912. The second kappa shape index (κ2) is 6.81. The van der Waals surface area contributed by atoms with Gasteiger partial charge in [-0.1, -0.05) is 30.3 Å². The third kappa shape index (κ3) is 2.92. The number of carbonyl (C=O) groups is 3. The summed E-state index contributed by atoms with van der Waals surface area (Å²) in [7, 11) is 0. The van der Waals surface area contributed by atoms with E-state index in [1.807, 2.05) is 48.7 Å². The summed E-state index contributed by atoms with van der Waals surface area (Å²) >= 11 is 1.58. The van der Waals surface area contributed by atoms with E-state index in [0.29, 0.717) is 19.5 Å². The second-order valence-corrected chi connectivity index (χ2v) is 7.90. The van der Waals surface area contributed by atoms with Crippen LogP contribution in [0, 0.1) is 0 Å². The van der Waals surface area contributed by atoms with Crippen LogP contribution >= 0.6 is 11.3 Å². The Hall–Kier alpha value is -2.67. The van der Waals surface area contributed by atoms with Crippen LogP contribution in [0.15, 0.2) is 41.8 Å². The van der Waals surface area contributed by atoms with Crippen LogP contribution in [0.25, 0.3) is 0 Å². The molecule has 1 N–H and O–H groups in total. The summed E-state index contributed by atoms with van der Waals surface area (Å²) in [4.78, 5) is 42.2. The number of urea groups is 1. The first-order valence-corrected chi connectivity index (χ1v) is 9.96. The van der Waals surface area contributed by atoms with Gasteiger partial charge in [0.15, 0.2) is 0 Å². The SMILES string of the molecule is CCN(Cc1cccs1)C(=O)CN1C(=O)NC2(CCc3ccccc32)C1=O. The largest absolute Gasteiger partial charge is 0.336 e. The number of hydrogen-bond acceptors (Lipinski definition) is 4. The molecule has 1 aliphatic heterocycles. The van der Waals surface area contributed by atoms with E-state index < -0.39 is 11.6 Å². The fourth-order valence-corrected chi connectivity index (χ4v) is 4.65. The third-order valence-electron chi connectivity index (χ3n) is 5.38. The lowest BCUT2D eigenvalue weighted by molar-refractivity contribution is -0.139. The van der Waals surface area contributed by atoms with Crippen molar-refractivity contribution >= 4 is 29.2 Å². The van der Waals surface area contributed by atoms with Crippen molar-refractivity contribution in [3.63, 3.8) is 0 Å². The van der Waals surface area contributed by atoms with Crippen molar-refractivity contribution in [2.24, 2.45) is 0 Å². The van der Waals surface area contributed by atoms with Crippen LogP contribution in [0.1, 0.15) is 29.3 Å². The van der Waals surface area contributed by atoms with Crippen molar-refractivity contribution in [3.05, 3.63) is 57.8 Å². The van der Waals surface area contributed by atoms with Crippen LogP contribution < -0.4 is 5.32 Å². The summed E-state index contributed by atoms with van der Waals surface area (Å²) in [5, 5.41) is 4.83. The van der Waals surface area contributed by atoms with Gasteiger partial charge in [-0.2, -0.15) is 0 Å². The highest BCUT2D eigenvalue weighted by molar-refractivity contribution is 7.09. The Morgan fingerprint density at radius 3 is 2.81 bits per heavy atom. The Morgan fingerprint density at radius 1 is 1.26 bits per heavy atom. The number of imide groups is 1. The predicted molar refractivity (Wildman–Crippen MR) is 102 cm³/mol. The molecule has 4 amide bonds. The Kier molecular flexibility index (Phi) is 4.47. The number of nitrogens with zero attached hydrogens (tertiary/aromatic N) is 2. The standard InChI is InChI=1S/C20H21N3O3S/c1-2-22(12-15-7-5-11-27-15)17(24)13-23-18(25)20(21-19(23)26)10-9-14-6-3-4-8-16(14)20/h3-8,11H,2,9-10,12-13H2,1H3,(H,21,26). The quantitative estimate of drug-likeness (QED) is 0.807. The summed E-state index contributed by atoms with van der Waals surface area (Å²) in [6.07, 6.45) is 1.28. The van der Waals surface area contributed by atoms with Crippen LogP contribution in [-0.2, 0) is 28.1 Å². The van der Waals surface area contributed by atoms with Crippen molar-refractivity contribution in [3.8, 4) is 0 Å². The number of amides is 4. The number of carbonyl (C=O) groups excluding carboxylic acids is 3. The van der Waals surface area contributed by atoms with Gasteiger partial charge in [0.2, 0.25) is 5.91 Å². The van der Waals surface area contributed by atoms with Crippen molar-refractivity contribution in [1.29, 1.82) is 0 Å². The molecule has 0 bridgehead atoms. The molecule has 2 aliphatic rings. The molecule has 27 heavy (non-hydrogen) atoms. The van der Waals surface area contributed by atoms with Gasteiger partial charge in [-0.25, -0.2) is 4.79 Å². The van der Waals surface area contributed by atoms with E-state index in [9.17, 15) is 14.4 Å². The molecule has 7 heteroatoms. The maximum atomic E-state index is 13.1. The number of nitrogens with one attached hydrogen (secondary N) is 1. The van der Waals surface area contributed by atoms with Gasteiger partial charge in [0.1, 0.15) is 12.1 Å². The molecule has 1 unspecified atom stereocenters. The lowest BCUT2D eigenvalue weighted by Crippen LogP contribution is -2.44. The second-order valence-electron chi connectivity index (χ2n) is 6.87. The fraction of sp³-hybridized carbons (Fsp3) is 0.350. The van der Waals surface area contributed by atoms with Gasteiger partial charge >= 0.3 is 6.03 Å². The molecule has 2 aromatic rings. The number of aryl methyl sites for hydroxylation is 1. The van der Waals surface area contributed by atoms with Gasteiger partial charge in [0.25, 0.3) is 5.91 Å². The average Bonchev–Trinajstić information content (AvgIpc) is 3.37. The predicted octanol–water partition coefficient (Wildman–Crippen LogP) is 2.49. The van der Waals surface area contributed by atoms with Gasteiger partial charge < -0.3 is 10.2 Å². The fourth-order valence-electron chi connectivity index (χ4n) is 3.94. The molecule has 0 saturated carbocycles. The number of fused-ring (bicyclic) bond motifs is 2. The zero-order chi connectivity index (χ0) is 19.0. The molecule has 1 aliphatic carbocycles. The number of hydrogen-bond donors (Lipinski definition) is 1. The number of benzene rings is 1. The minimum atomic E-state index is -1.02. The van der Waals surface area contributed by atoms with Gasteiger partial charge in [-0.05, 0) is 42.3 Å². The first-order chi connectivity index (χ1) is 13.0. The van der Waals surface area contributed by atoms with Crippen LogP contribution in [0.2, 0.25) is 0 Å². The Morgan fingerprint density at radius 2 is 2.07 bits per heavy atom. The van der Waals surface area contributed by atoms with E-state index in [4.69, 9.17) is 0 Å². The molecule has 4 rings (SSSR count). The van der Waals surface area contributed by atoms with Crippen molar-refractivity contribution < 1.29 is 14.4 Å². The van der Waals surface area contributed by atoms with Gasteiger partial charge in [0.05, 0.1) is 6.54 Å². The highest BCUT2D eigenvalue weighted by atomic mass is 32.1. The van der Waals surface area contributed by atoms with Gasteiger partial charge in [-0.15, -0.1) is 11.3 Å². The maximum Gasteiger partial charge on any atom is 0.325 e. The Labute approximate surface area is 161 Å². The molecule has 0 radical (unpaired) electrons. The third-order valence-corrected chi connectivity index (χ3v) is 6.24. The molecule has 1 aromatic heterocycles. The van der Waals surface area contributed by atoms with E-state index in [2.05, 4.69) is 5.32 Å². The highest BCUT2D eigenvalue weighted by Crippen LogP contribution is 2.41. The highest BCUT2D eigenvalue weighted by Gasteiger charge is 2.55. The topological polar surface area (TPSA) is 69.7 Å². The summed E-state index contributed by atoms with van der Waals surface area (Å²) in [5.74, 6) is -0.546. The minimum absolute atomic E-state index is 0.224. The number of rotatable bonds is 5. The van der Waals surface area contributed by atoms with E-state index in [0.717, 1.165) is 27.3 Å². The lowest BCUT2D eigenvalue weighted by atomic mass is 9.92. The molecule has 1 atom stereocenters. The lowest BCUT2D eigenvalue weighted by Gasteiger charge is -2.24. The minimum Gasteiger partial charge on any atom is -0.336 e. The van der Waals surface area contributed by atoms with E-state index in [-0.39, 0.29) is 18.4 Å². The first-order valence-electron chi connectivity index (χ1n) is 9.08. The Balaban J connectivity index is 1.52. The number of likely N-dealkylation sites (N-methyl/N-ethyl adjacent to an activating group) is 1.